The molecule has 0 spiro atoms. The molecule has 0 aliphatic heterocycles. The van der Waals surface area contributed by atoms with E-state index in [1.807, 2.05) is 12.1 Å². The molecule has 0 saturated carbocycles. The maximum Gasteiger partial charge on any atom is 0.124 e. The van der Waals surface area contributed by atoms with Gasteiger partial charge in [0.15, 0.2) is 0 Å². The molecule has 0 aliphatic carbocycles. The summed E-state index contributed by atoms with van der Waals surface area (Å²) in [5.41, 5.74) is 6.52. The van der Waals surface area contributed by atoms with Gasteiger partial charge in [-0.2, -0.15) is 0 Å². The van der Waals surface area contributed by atoms with Crippen molar-refractivity contribution in [2.45, 2.75) is 26.4 Å². The molecule has 2 unspecified atom stereocenters. The summed E-state index contributed by atoms with van der Waals surface area (Å²) in [5.74, 6) is 1.87. The van der Waals surface area contributed by atoms with Crippen LogP contribution in [0, 0.1) is 11.8 Å². The number of nitrogens with two attached hydrogens (primary N) is 1. The van der Waals surface area contributed by atoms with Crippen molar-refractivity contribution in [1.29, 1.82) is 0 Å². The molecule has 2 atom stereocenters. The van der Waals surface area contributed by atoms with Crippen LogP contribution >= 0.6 is 0 Å². The Hall–Kier alpha value is -1.26. The second-order valence-electron chi connectivity index (χ2n) is 5.18. The fourth-order valence-electron chi connectivity index (χ4n) is 2.28. The van der Waals surface area contributed by atoms with Crippen LogP contribution in [0.15, 0.2) is 18.2 Å². The molecule has 3 N–H and O–H groups in total. The zero-order valence-electron chi connectivity index (χ0n) is 12.2. The zero-order valence-corrected chi connectivity index (χ0v) is 12.2. The minimum atomic E-state index is -0.641. The van der Waals surface area contributed by atoms with Crippen LogP contribution < -0.4 is 15.2 Å². The van der Waals surface area contributed by atoms with Gasteiger partial charge in [-0.25, -0.2) is 0 Å². The monoisotopic (exact) mass is 267 g/mol. The SMILES string of the molecule is COc1ccc(OC)c(C(O)C(CN)CC(C)C)c1. The first-order valence-electron chi connectivity index (χ1n) is 6.63. The molecular weight excluding hydrogens is 242 g/mol. The molecule has 0 amide bonds. The van der Waals surface area contributed by atoms with Gasteiger partial charge < -0.3 is 20.3 Å². The first-order chi connectivity index (χ1) is 9.03. The summed E-state index contributed by atoms with van der Waals surface area (Å²) in [4.78, 5) is 0. The van der Waals surface area contributed by atoms with Crippen LogP contribution in [0.5, 0.6) is 11.5 Å². The second-order valence-corrected chi connectivity index (χ2v) is 5.18. The maximum atomic E-state index is 10.5. The van der Waals surface area contributed by atoms with Crippen molar-refractivity contribution in [3.05, 3.63) is 23.8 Å². The molecule has 0 heterocycles. The van der Waals surface area contributed by atoms with Crippen molar-refractivity contribution >= 4 is 0 Å². The highest BCUT2D eigenvalue weighted by Crippen LogP contribution is 2.35. The van der Waals surface area contributed by atoms with E-state index < -0.39 is 6.10 Å². The number of aliphatic hydroxyl groups is 1. The molecule has 4 heteroatoms. The van der Waals surface area contributed by atoms with Gasteiger partial charge in [0.05, 0.1) is 20.3 Å². The predicted octanol–water partition coefficient (Wildman–Crippen LogP) is 2.36. The number of aliphatic hydroxyl groups excluding tert-OH is 1. The largest absolute Gasteiger partial charge is 0.497 e. The Bertz CT molecular complexity index is 393. The fourth-order valence-corrected chi connectivity index (χ4v) is 2.28. The molecule has 19 heavy (non-hydrogen) atoms. The van der Waals surface area contributed by atoms with Crippen LogP contribution in [0.2, 0.25) is 0 Å². The summed E-state index contributed by atoms with van der Waals surface area (Å²) >= 11 is 0. The van der Waals surface area contributed by atoms with Crippen molar-refractivity contribution in [2.24, 2.45) is 17.6 Å². The summed E-state index contributed by atoms with van der Waals surface area (Å²) in [5, 5.41) is 10.5. The average molecular weight is 267 g/mol. The fraction of sp³-hybridized carbons (Fsp3) is 0.600. The summed E-state index contributed by atoms with van der Waals surface area (Å²) in [6.45, 7) is 4.69. The highest BCUT2D eigenvalue weighted by molar-refractivity contribution is 5.41. The minimum absolute atomic E-state index is 0.0148. The first-order valence-corrected chi connectivity index (χ1v) is 6.63. The van der Waals surface area contributed by atoms with Gasteiger partial charge in [-0.05, 0) is 37.1 Å². The van der Waals surface area contributed by atoms with Crippen LogP contribution in [0.1, 0.15) is 31.9 Å². The van der Waals surface area contributed by atoms with Crippen LogP contribution in [-0.4, -0.2) is 25.9 Å². The Kier molecular flexibility index (Phi) is 6.12. The zero-order chi connectivity index (χ0) is 14.4. The van der Waals surface area contributed by atoms with Crippen molar-refractivity contribution in [3.8, 4) is 11.5 Å². The lowest BCUT2D eigenvalue weighted by atomic mass is 9.88. The molecular formula is C15H25NO3. The quantitative estimate of drug-likeness (QED) is 0.796. The molecule has 1 aromatic rings. The third kappa shape index (κ3) is 4.11. The molecule has 1 rings (SSSR count). The average Bonchev–Trinajstić information content (AvgIpc) is 2.42. The first kappa shape index (κ1) is 15.8. The van der Waals surface area contributed by atoms with Crippen LogP contribution in [0.4, 0.5) is 0 Å². The molecule has 4 nitrogen and oxygen atoms in total. The third-order valence-electron chi connectivity index (χ3n) is 3.28. The maximum absolute atomic E-state index is 10.5. The summed E-state index contributed by atoms with van der Waals surface area (Å²) in [6.07, 6.45) is 0.232. The van der Waals surface area contributed by atoms with Gasteiger partial charge >= 0.3 is 0 Å². The second kappa shape index (κ2) is 7.36. The van der Waals surface area contributed by atoms with Gasteiger partial charge in [0.25, 0.3) is 0 Å². The standard InChI is InChI=1S/C15H25NO3/c1-10(2)7-11(9-16)15(17)13-8-12(18-3)5-6-14(13)19-4/h5-6,8,10-11,15,17H,7,9,16H2,1-4H3. The molecule has 0 radical (unpaired) electrons. The Balaban J connectivity index is 3.04. The predicted molar refractivity (Wildman–Crippen MR) is 76.5 cm³/mol. The summed E-state index contributed by atoms with van der Waals surface area (Å²) in [6, 6.07) is 5.43. The van der Waals surface area contributed by atoms with Gasteiger partial charge in [-0.3, -0.25) is 0 Å². The van der Waals surface area contributed by atoms with Crippen LogP contribution in [-0.2, 0) is 0 Å². The Morgan fingerprint density at radius 1 is 1.21 bits per heavy atom. The van der Waals surface area contributed by atoms with Crippen molar-refractivity contribution in [1.82, 2.24) is 0 Å². The Morgan fingerprint density at radius 3 is 2.37 bits per heavy atom. The van der Waals surface area contributed by atoms with Crippen LogP contribution in [0.3, 0.4) is 0 Å². The van der Waals surface area contributed by atoms with E-state index in [-0.39, 0.29) is 5.92 Å². The molecule has 0 aromatic heterocycles. The van der Waals surface area contributed by atoms with E-state index in [1.54, 1.807) is 20.3 Å². The van der Waals surface area contributed by atoms with Gasteiger partial charge in [0.1, 0.15) is 11.5 Å². The number of hydrogen-bond donors (Lipinski definition) is 2. The molecule has 0 saturated heterocycles. The van der Waals surface area contributed by atoms with Gasteiger partial charge in [0, 0.05) is 11.5 Å². The highest BCUT2D eigenvalue weighted by atomic mass is 16.5. The minimum Gasteiger partial charge on any atom is -0.497 e. The molecule has 108 valence electrons. The summed E-state index contributed by atoms with van der Waals surface area (Å²) in [7, 11) is 3.20. The lowest BCUT2D eigenvalue weighted by Gasteiger charge is -2.25. The van der Waals surface area contributed by atoms with Crippen LogP contribution in [0.25, 0.3) is 0 Å². The number of rotatable bonds is 7. The van der Waals surface area contributed by atoms with E-state index in [0.717, 1.165) is 12.0 Å². The van der Waals surface area contributed by atoms with Gasteiger partial charge in [-0.15, -0.1) is 0 Å². The molecule has 0 aliphatic rings. The van der Waals surface area contributed by atoms with E-state index in [1.165, 1.54) is 0 Å². The smallest absolute Gasteiger partial charge is 0.124 e. The lowest BCUT2D eigenvalue weighted by Crippen LogP contribution is -2.24. The van der Waals surface area contributed by atoms with E-state index in [9.17, 15) is 5.11 Å². The Labute approximate surface area is 115 Å². The Morgan fingerprint density at radius 2 is 1.89 bits per heavy atom. The van der Waals surface area contributed by atoms with E-state index in [0.29, 0.717) is 24.0 Å². The van der Waals surface area contributed by atoms with Crippen molar-refractivity contribution < 1.29 is 14.6 Å². The lowest BCUT2D eigenvalue weighted by molar-refractivity contribution is 0.0965. The molecule has 1 aromatic carbocycles. The normalized spacial score (nSPS) is 14.3. The van der Waals surface area contributed by atoms with E-state index in [4.69, 9.17) is 15.2 Å². The van der Waals surface area contributed by atoms with E-state index >= 15 is 0 Å². The summed E-state index contributed by atoms with van der Waals surface area (Å²) < 4.78 is 10.5. The molecule has 0 bridgehead atoms. The molecule has 0 fully saturated rings. The van der Waals surface area contributed by atoms with Crippen molar-refractivity contribution in [3.63, 3.8) is 0 Å². The highest BCUT2D eigenvalue weighted by Gasteiger charge is 2.24. The number of methoxy groups -OCH3 is 2. The number of ether oxygens (including phenoxy) is 2. The third-order valence-corrected chi connectivity index (χ3v) is 3.28. The number of benzene rings is 1. The van der Waals surface area contributed by atoms with Gasteiger partial charge in [-0.1, -0.05) is 13.8 Å². The van der Waals surface area contributed by atoms with Crippen molar-refractivity contribution in [2.75, 3.05) is 20.8 Å². The number of hydrogen-bond acceptors (Lipinski definition) is 4. The van der Waals surface area contributed by atoms with Gasteiger partial charge in [0.2, 0.25) is 0 Å². The topological polar surface area (TPSA) is 64.7 Å². The van der Waals surface area contributed by atoms with E-state index in [2.05, 4.69) is 13.8 Å².